The summed E-state index contributed by atoms with van der Waals surface area (Å²) >= 11 is 0. The van der Waals surface area contributed by atoms with Crippen LogP contribution in [0, 0.1) is 17.2 Å². The normalized spacial score (nSPS) is 26.6. The molecule has 2 heterocycles. The summed E-state index contributed by atoms with van der Waals surface area (Å²) in [5.74, 6) is 0.0709. The Morgan fingerprint density at radius 3 is 2.74 bits per heavy atom. The van der Waals surface area contributed by atoms with Crippen molar-refractivity contribution in [3.8, 4) is 11.8 Å². The molecule has 9 nitrogen and oxygen atoms in total. The highest BCUT2D eigenvalue weighted by Crippen LogP contribution is 2.40. The van der Waals surface area contributed by atoms with E-state index in [1.165, 1.54) is 4.90 Å². The molecule has 0 aromatic heterocycles. The van der Waals surface area contributed by atoms with Crippen LogP contribution in [-0.2, 0) is 9.53 Å². The number of benzene rings is 1. The molecular weight excluding hydrogens is 402 g/mol. The first-order valence-electron chi connectivity index (χ1n) is 10.4. The van der Waals surface area contributed by atoms with Crippen LogP contribution in [0.1, 0.15) is 51.3 Å². The van der Waals surface area contributed by atoms with E-state index in [1.54, 1.807) is 32.0 Å². The van der Waals surface area contributed by atoms with Crippen LogP contribution < -0.4 is 10.1 Å². The van der Waals surface area contributed by atoms with Gasteiger partial charge in [0.1, 0.15) is 23.5 Å². The number of ether oxygens (including phenoxy) is 2. The van der Waals surface area contributed by atoms with E-state index in [4.69, 9.17) is 9.47 Å². The van der Waals surface area contributed by atoms with Gasteiger partial charge in [-0.05, 0) is 38.0 Å². The Morgan fingerprint density at radius 2 is 2.10 bits per heavy atom. The molecule has 2 aliphatic heterocycles. The Hall–Kier alpha value is -2.83. The fourth-order valence-electron chi connectivity index (χ4n) is 3.86. The average molecular weight is 431 g/mol. The van der Waals surface area contributed by atoms with Crippen molar-refractivity contribution in [3.63, 3.8) is 0 Å². The van der Waals surface area contributed by atoms with Gasteiger partial charge in [-0.15, -0.1) is 0 Å². The van der Waals surface area contributed by atoms with Gasteiger partial charge in [0.15, 0.2) is 0 Å². The number of carbonyl (C=O) groups excluding carboxylic acids is 2. The number of nitrogens with one attached hydrogen (secondary N) is 1. The Balaban J connectivity index is 1.84. The predicted octanol–water partition coefficient (Wildman–Crippen LogP) is 1.48. The third-order valence-corrected chi connectivity index (χ3v) is 5.53. The van der Waals surface area contributed by atoms with Crippen molar-refractivity contribution in [1.82, 2.24) is 10.2 Å². The zero-order valence-electron chi connectivity index (χ0n) is 18.2. The molecule has 0 bridgehead atoms. The molecule has 9 heteroatoms. The third-order valence-electron chi connectivity index (χ3n) is 5.53. The van der Waals surface area contributed by atoms with E-state index in [1.807, 2.05) is 19.9 Å². The molecule has 1 aromatic rings. The quantitative estimate of drug-likeness (QED) is 0.658. The smallest absolute Gasteiger partial charge is 0.410 e. The van der Waals surface area contributed by atoms with Crippen molar-refractivity contribution in [2.75, 3.05) is 13.2 Å². The van der Waals surface area contributed by atoms with Crippen molar-refractivity contribution in [3.05, 3.63) is 29.3 Å². The fraction of sp³-hybridized carbons (Fsp3) is 0.591. The first-order chi connectivity index (χ1) is 14.5. The highest BCUT2D eigenvalue weighted by Gasteiger charge is 2.46. The van der Waals surface area contributed by atoms with Gasteiger partial charge >= 0.3 is 6.09 Å². The van der Waals surface area contributed by atoms with Gasteiger partial charge < -0.3 is 25.0 Å². The van der Waals surface area contributed by atoms with E-state index >= 15 is 0 Å². The molecule has 0 saturated carbocycles. The van der Waals surface area contributed by atoms with Gasteiger partial charge in [0.25, 0.3) is 0 Å². The molecule has 1 fully saturated rings. The number of aliphatic hydroxyl groups excluding tert-OH is 2. The van der Waals surface area contributed by atoms with Crippen molar-refractivity contribution < 1.29 is 29.3 Å². The van der Waals surface area contributed by atoms with Crippen molar-refractivity contribution in [2.45, 2.75) is 64.0 Å². The van der Waals surface area contributed by atoms with Gasteiger partial charge in [-0.1, -0.05) is 13.8 Å². The topological polar surface area (TPSA) is 132 Å². The Labute approximate surface area is 181 Å². The average Bonchev–Trinajstić information content (AvgIpc) is 3.11. The summed E-state index contributed by atoms with van der Waals surface area (Å²) in [5, 5.41) is 33.0. The molecule has 0 radical (unpaired) electrons. The summed E-state index contributed by atoms with van der Waals surface area (Å²) in [5.41, 5.74) is -0.153. The molecule has 1 saturated heterocycles. The minimum atomic E-state index is -1.11. The van der Waals surface area contributed by atoms with Crippen LogP contribution in [0.3, 0.4) is 0 Å². The van der Waals surface area contributed by atoms with Crippen LogP contribution in [-0.4, -0.2) is 64.1 Å². The maximum atomic E-state index is 13.1. The molecule has 168 valence electrons. The zero-order valence-corrected chi connectivity index (χ0v) is 18.2. The minimum absolute atomic E-state index is 0.00793. The van der Waals surface area contributed by atoms with Gasteiger partial charge in [-0.25, -0.2) is 4.79 Å². The maximum absolute atomic E-state index is 13.1. The lowest BCUT2D eigenvalue weighted by Gasteiger charge is -2.42. The lowest BCUT2D eigenvalue weighted by Crippen LogP contribution is -2.56. The third kappa shape index (κ3) is 4.75. The van der Waals surface area contributed by atoms with E-state index in [0.29, 0.717) is 16.9 Å². The number of rotatable bonds is 4. The highest BCUT2D eigenvalue weighted by molar-refractivity contribution is 5.87. The summed E-state index contributed by atoms with van der Waals surface area (Å²) in [6, 6.07) is 5.05. The lowest BCUT2D eigenvalue weighted by atomic mass is 9.85. The first kappa shape index (κ1) is 22.8. The largest absolute Gasteiger partial charge is 0.485 e. The first-order valence-corrected chi connectivity index (χ1v) is 10.4. The molecule has 1 aromatic carbocycles. The second-order valence-corrected chi connectivity index (χ2v) is 9.03. The summed E-state index contributed by atoms with van der Waals surface area (Å²) in [6.07, 6.45) is -2.55. The van der Waals surface area contributed by atoms with E-state index in [9.17, 15) is 25.1 Å². The van der Waals surface area contributed by atoms with Gasteiger partial charge in [-0.2, -0.15) is 5.26 Å². The Kier molecular flexibility index (Phi) is 6.43. The minimum Gasteiger partial charge on any atom is -0.485 e. The molecule has 3 rings (SSSR count). The molecule has 31 heavy (non-hydrogen) atoms. The molecule has 0 aliphatic carbocycles. The van der Waals surface area contributed by atoms with E-state index in [0.717, 1.165) is 0 Å². The molecule has 4 atom stereocenters. The van der Waals surface area contributed by atoms with E-state index < -0.39 is 41.9 Å². The molecule has 0 spiro atoms. The van der Waals surface area contributed by atoms with Crippen molar-refractivity contribution >= 4 is 12.0 Å². The SMILES string of the molecule is CC(C)COC(=O)N1C[C@H](O)C[C@H]1C(=O)N[C@@H]1c2cc(C#N)ccc2OC(C)(C)[C@H]1O. The zero-order chi connectivity index (χ0) is 22.9. The fourth-order valence-corrected chi connectivity index (χ4v) is 3.86. The summed E-state index contributed by atoms with van der Waals surface area (Å²) in [7, 11) is 0. The lowest BCUT2D eigenvalue weighted by molar-refractivity contribution is -0.129. The maximum Gasteiger partial charge on any atom is 0.410 e. The number of hydrogen-bond acceptors (Lipinski definition) is 7. The molecule has 0 unspecified atom stereocenters. The van der Waals surface area contributed by atoms with Crippen LogP contribution >= 0.6 is 0 Å². The summed E-state index contributed by atoms with van der Waals surface area (Å²) in [6.45, 7) is 7.40. The second-order valence-electron chi connectivity index (χ2n) is 9.03. The molecule has 2 amide bonds. The number of β-amino-alcohol motifs (C(OH)–C–C–N with tert-alkyl or cyclic N) is 1. The van der Waals surface area contributed by atoms with Crippen LogP contribution in [0.15, 0.2) is 18.2 Å². The standard InChI is InChI=1S/C22H29N3O6/c1-12(2)11-30-21(29)25-10-14(26)8-16(25)20(28)24-18-15-7-13(9-23)5-6-17(15)31-22(3,4)19(18)27/h5-7,12,14,16,18-19,26-27H,8,10-11H2,1-4H3,(H,24,28)/t14-,16+,18-,19+/m1/s1. The number of carbonyl (C=O) groups is 2. The van der Waals surface area contributed by atoms with Gasteiger partial charge in [0.05, 0.1) is 36.9 Å². The monoisotopic (exact) mass is 431 g/mol. The number of nitriles is 1. The number of nitrogens with zero attached hydrogens (tertiary/aromatic N) is 2. The predicted molar refractivity (Wildman–Crippen MR) is 110 cm³/mol. The number of hydrogen-bond donors (Lipinski definition) is 3. The highest BCUT2D eigenvalue weighted by atomic mass is 16.6. The molecular formula is C22H29N3O6. The van der Waals surface area contributed by atoms with Crippen molar-refractivity contribution in [2.24, 2.45) is 5.92 Å². The number of aliphatic hydroxyl groups is 2. The van der Waals surface area contributed by atoms with Gasteiger partial charge in [0.2, 0.25) is 5.91 Å². The number of fused-ring (bicyclic) bond motifs is 1. The molecule has 3 N–H and O–H groups in total. The second kappa shape index (κ2) is 8.73. The van der Waals surface area contributed by atoms with Crippen LogP contribution in [0.25, 0.3) is 0 Å². The number of amides is 2. The number of likely N-dealkylation sites (tertiary alicyclic amines) is 1. The van der Waals surface area contributed by atoms with Crippen LogP contribution in [0.2, 0.25) is 0 Å². The van der Waals surface area contributed by atoms with E-state index in [-0.39, 0.29) is 25.5 Å². The summed E-state index contributed by atoms with van der Waals surface area (Å²) in [4.78, 5) is 26.8. The van der Waals surface area contributed by atoms with Crippen LogP contribution in [0.5, 0.6) is 5.75 Å². The van der Waals surface area contributed by atoms with Gasteiger partial charge in [-0.3, -0.25) is 9.69 Å². The Morgan fingerprint density at radius 1 is 1.39 bits per heavy atom. The van der Waals surface area contributed by atoms with Crippen LogP contribution in [0.4, 0.5) is 4.79 Å². The van der Waals surface area contributed by atoms with E-state index in [2.05, 4.69) is 5.32 Å². The summed E-state index contributed by atoms with van der Waals surface area (Å²) < 4.78 is 11.1. The van der Waals surface area contributed by atoms with Gasteiger partial charge in [0, 0.05) is 12.0 Å². The molecule has 2 aliphatic rings. The Bertz CT molecular complexity index is 894. The van der Waals surface area contributed by atoms with Crippen molar-refractivity contribution in [1.29, 1.82) is 5.26 Å².